The van der Waals surface area contributed by atoms with Crippen LogP contribution in [-0.4, -0.2) is 41.9 Å². The highest BCUT2D eigenvalue weighted by Crippen LogP contribution is 2.27. The van der Waals surface area contributed by atoms with Gasteiger partial charge in [-0.3, -0.25) is 9.59 Å². The number of benzene rings is 2. The van der Waals surface area contributed by atoms with Crippen molar-refractivity contribution in [1.82, 2.24) is 5.32 Å². The number of carbonyl (C=O) groups is 2. The van der Waals surface area contributed by atoms with E-state index in [9.17, 15) is 14.7 Å². The second-order valence-electron chi connectivity index (χ2n) is 8.77. The van der Waals surface area contributed by atoms with E-state index in [-0.39, 0.29) is 11.8 Å². The summed E-state index contributed by atoms with van der Waals surface area (Å²) in [6.07, 6.45) is 0.804. The Morgan fingerprint density at radius 3 is 2.57 bits per heavy atom. The minimum atomic E-state index is -1.10. The maximum absolute atomic E-state index is 13.5. The Morgan fingerprint density at radius 1 is 1.11 bits per heavy atom. The largest absolute Gasteiger partial charge is 0.392 e. The number of likely N-dealkylation sites (N-methyl/N-ethyl adjacent to an activating group) is 1. The number of nitrogens with one attached hydrogen (secondary N) is 1. The van der Waals surface area contributed by atoms with Crippen molar-refractivity contribution in [3.05, 3.63) is 88.1 Å². The second-order valence-corrected chi connectivity index (χ2v) is 9.80. The summed E-state index contributed by atoms with van der Waals surface area (Å²) < 4.78 is 0. The molecule has 182 valence electrons. The molecule has 3 aromatic rings. The molecule has 3 atom stereocenters. The third-order valence-corrected chi connectivity index (χ3v) is 7.22. The van der Waals surface area contributed by atoms with Crippen LogP contribution < -0.4 is 10.2 Å². The molecular formula is C28H31N3O3S. The number of aliphatic hydroxyl groups is 1. The molecule has 1 aliphatic heterocycles. The number of para-hydroxylation sites is 1. The van der Waals surface area contributed by atoms with E-state index in [0.717, 1.165) is 34.5 Å². The van der Waals surface area contributed by atoms with Crippen molar-refractivity contribution in [1.29, 1.82) is 0 Å². The topological polar surface area (TPSA) is 82.0 Å². The number of nitrogens with zero attached hydrogens (tertiary/aromatic N) is 2. The standard InChI is InChI=1S/C28H31N3O3S/c1-3-4-16-24(32)22(18-20-13-10-17-35-20)27(33)30-26-28(34)31(2)23-15-9-8-14-21(23)25(29-26)19-11-6-5-7-12-19/h5-15,17,22,24,26,32H,3-4,16,18H2,1-2H3,(H,30,33)/t22-,24+,26-/m1/s1. The molecule has 2 heterocycles. The van der Waals surface area contributed by atoms with Gasteiger partial charge in [-0.1, -0.05) is 74.4 Å². The molecule has 0 saturated heterocycles. The Labute approximate surface area is 210 Å². The van der Waals surface area contributed by atoms with E-state index in [1.807, 2.05) is 72.1 Å². The number of aliphatic hydroxyl groups excluding tert-OH is 1. The molecular weight excluding hydrogens is 458 g/mol. The Bertz CT molecular complexity index is 1180. The van der Waals surface area contributed by atoms with Gasteiger partial charge in [0.2, 0.25) is 12.1 Å². The first-order chi connectivity index (χ1) is 17.0. The van der Waals surface area contributed by atoms with E-state index in [1.54, 1.807) is 23.3 Å². The molecule has 0 unspecified atom stereocenters. The first-order valence-electron chi connectivity index (χ1n) is 12.0. The highest BCUT2D eigenvalue weighted by molar-refractivity contribution is 7.09. The van der Waals surface area contributed by atoms with Crippen LogP contribution >= 0.6 is 11.3 Å². The molecule has 2 N–H and O–H groups in total. The van der Waals surface area contributed by atoms with Crippen molar-refractivity contribution in [2.45, 2.75) is 44.9 Å². The summed E-state index contributed by atoms with van der Waals surface area (Å²) in [7, 11) is 1.70. The van der Waals surface area contributed by atoms with E-state index in [2.05, 4.69) is 12.2 Å². The van der Waals surface area contributed by atoms with Gasteiger partial charge in [-0.15, -0.1) is 11.3 Å². The average Bonchev–Trinajstić information content (AvgIpc) is 3.38. The van der Waals surface area contributed by atoms with E-state index in [1.165, 1.54) is 0 Å². The predicted molar refractivity (Wildman–Crippen MR) is 141 cm³/mol. The number of amides is 2. The van der Waals surface area contributed by atoms with Crippen molar-refractivity contribution in [2.24, 2.45) is 10.9 Å². The van der Waals surface area contributed by atoms with Crippen LogP contribution in [0, 0.1) is 5.92 Å². The summed E-state index contributed by atoms with van der Waals surface area (Å²) in [5, 5.41) is 15.7. The molecule has 7 heteroatoms. The zero-order chi connectivity index (χ0) is 24.8. The molecule has 0 bridgehead atoms. The molecule has 35 heavy (non-hydrogen) atoms. The van der Waals surface area contributed by atoms with Crippen LogP contribution in [-0.2, 0) is 16.0 Å². The Balaban J connectivity index is 1.67. The number of fused-ring (bicyclic) bond motifs is 1. The predicted octanol–water partition coefficient (Wildman–Crippen LogP) is 4.41. The Morgan fingerprint density at radius 2 is 1.86 bits per heavy atom. The third kappa shape index (κ3) is 5.69. The highest BCUT2D eigenvalue weighted by Gasteiger charge is 2.34. The lowest BCUT2D eigenvalue weighted by atomic mass is 9.93. The van der Waals surface area contributed by atoms with Gasteiger partial charge in [-0.25, -0.2) is 4.99 Å². The first kappa shape index (κ1) is 24.8. The fourth-order valence-corrected chi connectivity index (χ4v) is 5.11. The molecule has 0 radical (unpaired) electrons. The van der Waals surface area contributed by atoms with Crippen molar-refractivity contribution >= 4 is 34.6 Å². The number of thiophene rings is 1. The zero-order valence-electron chi connectivity index (χ0n) is 20.1. The van der Waals surface area contributed by atoms with Crippen LogP contribution in [0.1, 0.15) is 42.2 Å². The number of anilines is 1. The van der Waals surface area contributed by atoms with Gasteiger partial charge < -0.3 is 15.3 Å². The number of carbonyl (C=O) groups excluding carboxylic acids is 2. The molecule has 0 fully saturated rings. The van der Waals surface area contributed by atoms with Crippen LogP contribution in [0.5, 0.6) is 0 Å². The molecule has 0 aliphatic carbocycles. The minimum Gasteiger partial charge on any atom is -0.392 e. The SMILES string of the molecule is CCCC[C@H](O)[C@@H](Cc1cccs1)C(=O)N[C@H]1N=C(c2ccccc2)c2ccccc2N(C)C1=O. The summed E-state index contributed by atoms with van der Waals surface area (Å²) in [4.78, 5) is 34.3. The summed E-state index contributed by atoms with van der Waals surface area (Å²) >= 11 is 1.56. The number of hydrogen-bond acceptors (Lipinski definition) is 5. The molecule has 6 nitrogen and oxygen atoms in total. The monoisotopic (exact) mass is 489 g/mol. The van der Waals surface area contributed by atoms with Crippen molar-refractivity contribution < 1.29 is 14.7 Å². The van der Waals surface area contributed by atoms with Gasteiger partial charge in [0.25, 0.3) is 5.91 Å². The van der Waals surface area contributed by atoms with Gasteiger partial charge in [-0.05, 0) is 30.4 Å². The molecule has 0 spiro atoms. The van der Waals surface area contributed by atoms with Gasteiger partial charge in [-0.2, -0.15) is 0 Å². The number of aliphatic imine (C=N–C) groups is 1. The van der Waals surface area contributed by atoms with Crippen LogP contribution in [0.3, 0.4) is 0 Å². The molecule has 4 rings (SSSR count). The lowest BCUT2D eigenvalue weighted by Crippen LogP contribution is -2.50. The van der Waals surface area contributed by atoms with E-state index < -0.39 is 18.2 Å². The summed E-state index contributed by atoms with van der Waals surface area (Å²) in [6.45, 7) is 2.05. The molecule has 1 aliphatic rings. The zero-order valence-corrected chi connectivity index (χ0v) is 20.9. The fourth-order valence-electron chi connectivity index (χ4n) is 4.35. The van der Waals surface area contributed by atoms with Crippen LogP contribution in [0.2, 0.25) is 0 Å². The van der Waals surface area contributed by atoms with Crippen LogP contribution in [0.25, 0.3) is 0 Å². The summed E-state index contributed by atoms with van der Waals surface area (Å²) in [5.41, 5.74) is 3.06. The molecule has 2 aromatic carbocycles. The van der Waals surface area contributed by atoms with Crippen molar-refractivity contribution in [3.8, 4) is 0 Å². The summed E-state index contributed by atoms with van der Waals surface area (Å²) in [6, 6.07) is 21.2. The van der Waals surface area contributed by atoms with E-state index in [4.69, 9.17) is 4.99 Å². The van der Waals surface area contributed by atoms with Gasteiger partial charge in [0.15, 0.2) is 0 Å². The van der Waals surface area contributed by atoms with Gasteiger partial charge in [0.1, 0.15) is 0 Å². The second kappa shape index (κ2) is 11.4. The first-order valence-corrected chi connectivity index (χ1v) is 12.9. The molecule has 0 saturated carbocycles. The summed E-state index contributed by atoms with van der Waals surface area (Å²) in [5.74, 6) is -1.36. The van der Waals surface area contributed by atoms with E-state index >= 15 is 0 Å². The lowest BCUT2D eigenvalue weighted by Gasteiger charge is -2.25. The average molecular weight is 490 g/mol. The number of unbranched alkanes of at least 4 members (excludes halogenated alkanes) is 1. The van der Waals surface area contributed by atoms with Crippen molar-refractivity contribution in [2.75, 3.05) is 11.9 Å². The van der Waals surface area contributed by atoms with Gasteiger partial charge >= 0.3 is 0 Å². The maximum atomic E-state index is 13.5. The van der Waals surface area contributed by atoms with Crippen LogP contribution in [0.4, 0.5) is 5.69 Å². The quantitative estimate of drug-likeness (QED) is 0.467. The Kier molecular flexibility index (Phi) is 8.10. The lowest BCUT2D eigenvalue weighted by molar-refractivity contribution is -0.132. The van der Waals surface area contributed by atoms with Gasteiger partial charge in [0, 0.05) is 23.1 Å². The normalized spacial score (nSPS) is 17.2. The maximum Gasteiger partial charge on any atom is 0.272 e. The Hall–Kier alpha value is -3.29. The smallest absolute Gasteiger partial charge is 0.272 e. The minimum absolute atomic E-state index is 0.324. The van der Waals surface area contributed by atoms with Gasteiger partial charge in [0.05, 0.1) is 23.4 Å². The van der Waals surface area contributed by atoms with Crippen molar-refractivity contribution in [3.63, 3.8) is 0 Å². The third-order valence-electron chi connectivity index (χ3n) is 6.33. The fraction of sp³-hybridized carbons (Fsp3) is 0.321. The molecule has 2 amide bonds. The number of hydrogen-bond donors (Lipinski definition) is 2. The van der Waals surface area contributed by atoms with Crippen LogP contribution in [0.15, 0.2) is 77.1 Å². The number of rotatable bonds is 9. The van der Waals surface area contributed by atoms with E-state index in [0.29, 0.717) is 18.6 Å². The number of benzodiazepines with no additional fused rings is 1. The highest BCUT2D eigenvalue weighted by atomic mass is 32.1. The molecule has 1 aromatic heterocycles.